The second-order valence-electron chi connectivity index (χ2n) is 5.30. The van der Waals surface area contributed by atoms with Crippen LogP contribution in [0.25, 0.3) is 0 Å². The third kappa shape index (κ3) is 3.76. The van der Waals surface area contributed by atoms with Crippen LogP contribution in [0, 0.1) is 5.92 Å². The highest BCUT2D eigenvalue weighted by Gasteiger charge is 2.44. The standard InChI is InChI=1S/C13H24O5/c1-6-9(15)10(7-14)16-12-11(8(2)3)17-13(4,5)18-12/h6,8-12,14-15H,1,7H2,2-5H3/t9-,10+,11+,12+/m0/s1. The van der Waals surface area contributed by atoms with Crippen LogP contribution >= 0.6 is 0 Å². The van der Waals surface area contributed by atoms with E-state index in [9.17, 15) is 10.2 Å². The van der Waals surface area contributed by atoms with Gasteiger partial charge in [0.25, 0.3) is 0 Å². The van der Waals surface area contributed by atoms with Gasteiger partial charge < -0.3 is 24.4 Å². The summed E-state index contributed by atoms with van der Waals surface area (Å²) in [6.45, 7) is 10.8. The van der Waals surface area contributed by atoms with E-state index in [0.717, 1.165) is 0 Å². The summed E-state index contributed by atoms with van der Waals surface area (Å²) in [5.74, 6) is -0.518. The summed E-state index contributed by atoms with van der Waals surface area (Å²) in [5.41, 5.74) is 0. The molecule has 1 aliphatic heterocycles. The molecule has 1 heterocycles. The molecule has 18 heavy (non-hydrogen) atoms. The van der Waals surface area contributed by atoms with Crippen molar-refractivity contribution >= 4 is 0 Å². The summed E-state index contributed by atoms with van der Waals surface area (Å²) in [6.07, 6.45) is -1.20. The van der Waals surface area contributed by atoms with Crippen molar-refractivity contribution in [2.45, 2.75) is 58.1 Å². The van der Waals surface area contributed by atoms with Gasteiger partial charge in [0.15, 0.2) is 12.1 Å². The first kappa shape index (κ1) is 15.6. The van der Waals surface area contributed by atoms with Crippen LogP contribution in [0.3, 0.4) is 0 Å². The van der Waals surface area contributed by atoms with Crippen molar-refractivity contribution in [1.82, 2.24) is 0 Å². The Morgan fingerprint density at radius 1 is 1.39 bits per heavy atom. The maximum absolute atomic E-state index is 9.63. The van der Waals surface area contributed by atoms with Gasteiger partial charge in [0.05, 0.1) is 6.61 Å². The zero-order valence-electron chi connectivity index (χ0n) is 11.5. The van der Waals surface area contributed by atoms with Gasteiger partial charge in [-0.2, -0.15) is 0 Å². The van der Waals surface area contributed by atoms with Crippen LogP contribution in [0.2, 0.25) is 0 Å². The Bertz CT molecular complexity index is 277. The summed E-state index contributed by atoms with van der Waals surface area (Å²) in [7, 11) is 0. The fourth-order valence-electron chi connectivity index (χ4n) is 1.87. The van der Waals surface area contributed by atoms with Crippen LogP contribution in [-0.4, -0.2) is 47.2 Å². The fraction of sp³-hybridized carbons (Fsp3) is 0.846. The summed E-state index contributed by atoms with van der Waals surface area (Å²) >= 11 is 0. The van der Waals surface area contributed by atoms with E-state index in [2.05, 4.69) is 6.58 Å². The summed E-state index contributed by atoms with van der Waals surface area (Å²) in [6, 6.07) is 0. The molecule has 0 aromatic heterocycles. The van der Waals surface area contributed by atoms with Crippen molar-refractivity contribution in [1.29, 1.82) is 0 Å². The molecule has 1 saturated heterocycles. The molecule has 0 spiro atoms. The van der Waals surface area contributed by atoms with Gasteiger partial charge in [-0.25, -0.2) is 0 Å². The molecule has 0 aliphatic carbocycles. The first-order chi connectivity index (χ1) is 8.30. The Hall–Kier alpha value is -0.460. The van der Waals surface area contributed by atoms with Gasteiger partial charge in [0, 0.05) is 0 Å². The average Bonchev–Trinajstić information content (AvgIpc) is 2.60. The SMILES string of the molecule is C=C[C@H](O)[C@@H](CO)O[C@@H]1OC(C)(C)O[C@@H]1C(C)C. The number of aliphatic hydroxyl groups is 2. The van der Waals surface area contributed by atoms with E-state index in [1.54, 1.807) is 0 Å². The number of hydrogen-bond donors (Lipinski definition) is 2. The smallest absolute Gasteiger partial charge is 0.187 e. The van der Waals surface area contributed by atoms with E-state index in [1.807, 2.05) is 27.7 Å². The zero-order chi connectivity index (χ0) is 13.9. The lowest BCUT2D eigenvalue weighted by molar-refractivity contribution is -0.218. The lowest BCUT2D eigenvalue weighted by Gasteiger charge is -2.26. The quantitative estimate of drug-likeness (QED) is 0.699. The molecule has 0 unspecified atom stereocenters. The first-order valence-electron chi connectivity index (χ1n) is 6.23. The van der Waals surface area contributed by atoms with Crippen molar-refractivity contribution in [3.8, 4) is 0 Å². The molecule has 0 aromatic rings. The maximum atomic E-state index is 9.63. The lowest BCUT2D eigenvalue weighted by atomic mass is 10.1. The van der Waals surface area contributed by atoms with Crippen molar-refractivity contribution in [2.75, 3.05) is 6.61 Å². The van der Waals surface area contributed by atoms with E-state index in [-0.39, 0.29) is 18.6 Å². The Labute approximate surface area is 108 Å². The Morgan fingerprint density at radius 2 is 2.00 bits per heavy atom. The fourth-order valence-corrected chi connectivity index (χ4v) is 1.87. The predicted molar refractivity (Wildman–Crippen MR) is 66.8 cm³/mol. The van der Waals surface area contributed by atoms with Gasteiger partial charge in [-0.05, 0) is 19.8 Å². The van der Waals surface area contributed by atoms with Gasteiger partial charge in [-0.15, -0.1) is 6.58 Å². The minimum absolute atomic E-state index is 0.206. The van der Waals surface area contributed by atoms with Crippen molar-refractivity contribution in [3.63, 3.8) is 0 Å². The second kappa shape index (κ2) is 6.12. The molecule has 2 N–H and O–H groups in total. The molecule has 0 bridgehead atoms. The van der Waals surface area contributed by atoms with Crippen LogP contribution in [-0.2, 0) is 14.2 Å². The van der Waals surface area contributed by atoms with E-state index >= 15 is 0 Å². The summed E-state index contributed by atoms with van der Waals surface area (Å²) in [4.78, 5) is 0. The van der Waals surface area contributed by atoms with Crippen LogP contribution in [0.1, 0.15) is 27.7 Å². The zero-order valence-corrected chi connectivity index (χ0v) is 11.5. The molecular weight excluding hydrogens is 236 g/mol. The molecule has 1 rings (SSSR count). The molecule has 0 aromatic carbocycles. The van der Waals surface area contributed by atoms with Crippen LogP contribution < -0.4 is 0 Å². The van der Waals surface area contributed by atoms with Crippen LogP contribution in [0.4, 0.5) is 0 Å². The minimum Gasteiger partial charge on any atom is -0.394 e. The second-order valence-corrected chi connectivity index (χ2v) is 5.30. The maximum Gasteiger partial charge on any atom is 0.187 e. The normalized spacial score (nSPS) is 30.4. The first-order valence-corrected chi connectivity index (χ1v) is 6.23. The van der Waals surface area contributed by atoms with Gasteiger partial charge in [0.1, 0.15) is 18.3 Å². The van der Waals surface area contributed by atoms with Gasteiger partial charge in [-0.1, -0.05) is 19.9 Å². The van der Waals surface area contributed by atoms with Crippen molar-refractivity contribution in [3.05, 3.63) is 12.7 Å². The molecule has 1 aliphatic rings. The minimum atomic E-state index is -0.935. The van der Waals surface area contributed by atoms with Crippen molar-refractivity contribution < 1.29 is 24.4 Å². The molecule has 0 amide bonds. The average molecular weight is 260 g/mol. The third-order valence-corrected chi connectivity index (χ3v) is 2.86. The molecule has 1 fully saturated rings. The molecule has 5 heteroatoms. The lowest BCUT2D eigenvalue weighted by Crippen LogP contribution is -2.40. The Balaban J connectivity index is 2.71. The van der Waals surface area contributed by atoms with E-state index in [4.69, 9.17) is 14.2 Å². The summed E-state index contributed by atoms with van der Waals surface area (Å²) < 4.78 is 17.0. The van der Waals surface area contributed by atoms with Crippen molar-refractivity contribution in [2.24, 2.45) is 5.92 Å². The van der Waals surface area contributed by atoms with E-state index < -0.39 is 24.3 Å². The van der Waals surface area contributed by atoms with Gasteiger partial charge in [-0.3, -0.25) is 0 Å². The molecule has 5 nitrogen and oxygen atoms in total. The van der Waals surface area contributed by atoms with E-state index in [1.165, 1.54) is 6.08 Å². The molecule has 4 atom stereocenters. The highest BCUT2D eigenvalue weighted by atomic mass is 16.8. The topological polar surface area (TPSA) is 68.2 Å². The molecule has 0 saturated carbocycles. The highest BCUT2D eigenvalue weighted by Crippen LogP contribution is 2.33. The number of aliphatic hydroxyl groups excluding tert-OH is 2. The number of rotatable bonds is 6. The monoisotopic (exact) mass is 260 g/mol. The number of hydrogen-bond acceptors (Lipinski definition) is 5. The molecule has 106 valence electrons. The largest absolute Gasteiger partial charge is 0.394 e. The number of ether oxygens (including phenoxy) is 3. The molecule has 0 radical (unpaired) electrons. The van der Waals surface area contributed by atoms with Crippen LogP contribution in [0.5, 0.6) is 0 Å². The predicted octanol–water partition coefficient (Wildman–Crippen LogP) is 1.04. The Kier molecular flexibility index (Phi) is 5.31. The highest BCUT2D eigenvalue weighted by molar-refractivity contribution is 4.87. The summed E-state index contributed by atoms with van der Waals surface area (Å²) in [5, 5.41) is 18.8. The Morgan fingerprint density at radius 3 is 2.44 bits per heavy atom. The molecular formula is C13H24O5. The third-order valence-electron chi connectivity index (χ3n) is 2.86. The van der Waals surface area contributed by atoms with Gasteiger partial charge >= 0.3 is 0 Å². The van der Waals surface area contributed by atoms with Crippen LogP contribution in [0.15, 0.2) is 12.7 Å². The van der Waals surface area contributed by atoms with E-state index in [0.29, 0.717) is 0 Å². The van der Waals surface area contributed by atoms with Gasteiger partial charge in [0.2, 0.25) is 0 Å².